The number of ether oxygens (including phenoxy) is 1. The molecule has 0 radical (unpaired) electrons. The van der Waals surface area contributed by atoms with Gasteiger partial charge >= 0.3 is 5.97 Å². The molecule has 1 aliphatic heterocycles. The van der Waals surface area contributed by atoms with Gasteiger partial charge < -0.3 is 15.2 Å². The first-order chi connectivity index (χ1) is 10.7. The van der Waals surface area contributed by atoms with Crippen LogP contribution in [-0.4, -0.2) is 29.2 Å². The summed E-state index contributed by atoms with van der Waals surface area (Å²) in [6.45, 7) is 5.91. The quantitative estimate of drug-likeness (QED) is 0.893. The third-order valence-corrected chi connectivity index (χ3v) is 3.94. The standard InChI is InChI=1S/C17H22FNO4/c1-17(2,3)14(10-4-6-11(18)7-5-10)19-15(20)12-8-9-13(23-12)16(21)22/h4-7,12-14H,8-9H2,1-3H3,(H,19,20)(H,21,22)/t12-,13+,14?/m0/s1. The molecule has 1 unspecified atom stereocenters. The van der Waals surface area contributed by atoms with Crippen LogP contribution >= 0.6 is 0 Å². The molecule has 1 aromatic rings. The van der Waals surface area contributed by atoms with Crippen molar-refractivity contribution in [2.45, 2.75) is 51.9 Å². The van der Waals surface area contributed by atoms with Crippen LogP contribution in [0.3, 0.4) is 0 Å². The fourth-order valence-corrected chi connectivity index (χ4v) is 2.70. The average Bonchev–Trinajstić information content (AvgIpc) is 2.94. The summed E-state index contributed by atoms with van der Waals surface area (Å²) < 4.78 is 18.4. The monoisotopic (exact) mass is 323 g/mol. The first-order valence-corrected chi connectivity index (χ1v) is 7.62. The van der Waals surface area contributed by atoms with Gasteiger partial charge in [0.1, 0.15) is 11.9 Å². The maximum Gasteiger partial charge on any atom is 0.332 e. The number of hydrogen-bond acceptors (Lipinski definition) is 3. The summed E-state index contributed by atoms with van der Waals surface area (Å²) in [4.78, 5) is 23.3. The summed E-state index contributed by atoms with van der Waals surface area (Å²) in [5.74, 6) is -1.72. The van der Waals surface area contributed by atoms with Gasteiger partial charge in [-0.1, -0.05) is 32.9 Å². The molecule has 1 amide bonds. The van der Waals surface area contributed by atoms with E-state index in [-0.39, 0.29) is 23.2 Å². The molecule has 0 saturated carbocycles. The number of nitrogens with one attached hydrogen (secondary N) is 1. The number of hydrogen-bond donors (Lipinski definition) is 2. The predicted octanol–water partition coefficient (Wildman–Crippen LogP) is 2.66. The van der Waals surface area contributed by atoms with Gasteiger partial charge in [-0.05, 0) is 36.0 Å². The van der Waals surface area contributed by atoms with Crippen molar-refractivity contribution < 1.29 is 23.8 Å². The van der Waals surface area contributed by atoms with Gasteiger partial charge in [0.05, 0.1) is 6.04 Å². The van der Waals surface area contributed by atoms with E-state index in [0.29, 0.717) is 12.8 Å². The minimum atomic E-state index is -1.05. The second kappa shape index (κ2) is 6.66. The smallest absolute Gasteiger partial charge is 0.332 e. The molecule has 1 aromatic carbocycles. The molecule has 23 heavy (non-hydrogen) atoms. The van der Waals surface area contributed by atoms with Gasteiger partial charge in [-0.2, -0.15) is 0 Å². The molecule has 6 heteroatoms. The molecule has 2 N–H and O–H groups in total. The van der Waals surface area contributed by atoms with Gasteiger partial charge in [-0.15, -0.1) is 0 Å². The second-order valence-electron chi connectivity index (χ2n) is 6.89. The number of rotatable bonds is 4. The number of aliphatic carboxylic acids is 1. The van der Waals surface area contributed by atoms with Crippen molar-refractivity contribution >= 4 is 11.9 Å². The second-order valence-corrected chi connectivity index (χ2v) is 6.89. The largest absolute Gasteiger partial charge is 0.479 e. The first kappa shape index (κ1) is 17.4. The molecule has 5 nitrogen and oxygen atoms in total. The van der Waals surface area contributed by atoms with Crippen molar-refractivity contribution in [3.8, 4) is 0 Å². The van der Waals surface area contributed by atoms with E-state index < -0.39 is 18.2 Å². The Morgan fingerprint density at radius 3 is 2.26 bits per heavy atom. The molecule has 0 bridgehead atoms. The van der Waals surface area contributed by atoms with E-state index in [4.69, 9.17) is 9.84 Å². The molecule has 3 atom stereocenters. The van der Waals surface area contributed by atoms with Crippen LogP contribution in [0.25, 0.3) is 0 Å². The molecule has 1 heterocycles. The topological polar surface area (TPSA) is 75.6 Å². The molecule has 0 aromatic heterocycles. The Hall–Kier alpha value is -1.95. The number of carboxylic acid groups (broad SMARTS) is 1. The lowest BCUT2D eigenvalue weighted by Crippen LogP contribution is -2.42. The lowest BCUT2D eigenvalue weighted by atomic mass is 9.82. The molecular weight excluding hydrogens is 301 g/mol. The van der Waals surface area contributed by atoms with Gasteiger partial charge in [0, 0.05) is 0 Å². The summed E-state index contributed by atoms with van der Waals surface area (Å²) in [6.07, 6.45) is -0.987. The van der Waals surface area contributed by atoms with Crippen LogP contribution < -0.4 is 5.32 Å². The maximum absolute atomic E-state index is 13.1. The van der Waals surface area contributed by atoms with Gasteiger partial charge in [-0.25, -0.2) is 9.18 Å². The highest BCUT2D eigenvalue weighted by Crippen LogP contribution is 2.33. The van der Waals surface area contributed by atoms with E-state index in [1.165, 1.54) is 12.1 Å². The van der Waals surface area contributed by atoms with E-state index in [1.54, 1.807) is 12.1 Å². The predicted molar refractivity (Wildman–Crippen MR) is 82.3 cm³/mol. The van der Waals surface area contributed by atoms with E-state index in [1.807, 2.05) is 20.8 Å². The van der Waals surface area contributed by atoms with Gasteiger partial charge in [0.15, 0.2) is 6.10 Å². The van der Waals surface area contributed by atoms with E-state index >= 15 is 0 Å². The van der Waals surface area contributed by atoms with Crippen LogP contribution in [0.5, 0.6) is 0 Å². The zero-order valence-electron chi connectivity index (χ0n) is 13.5. The molecule has 2 rings (SSSR count). The van der Waals surface area contributed by atoms with Crippen molar-refractivity contribution in [2.24, 2.45) is 5.41 Å². The summed E-state index contributed by atoms with van der Waals surface area (Å²) >= 11 is 0. The minimum absolute atomic E-state index is 0.293. The van der Waals surface area contributed by atoms with Gasteiger partial charge in [-0.3, -0.25) is 4.79 Å². The maximum atomic E-state index is 13.1. The summed E-state index contributed by atoms with van der Waals surface area (Å²) in [5, 5.41) is 11.9. The zero-order chi connectivity index (χ0) is 17.2. The number of carbonyl (C=O) groups excluding carboxylic acids is 1. The number of amides is 1. The van der Waals surface area contributed by atoms with Crippen LogP contribution in [0, 0.1) is 11.2 Å². The summed E-state index contributed by atoms with van der Waals surface area (Å²) in [7, 11) is 0. The average molecular weight is 323 g/mol. The zero-order valence-corrected chi connectivity index (χ0v) is 13.5. The highest BCUT2D eigenvalue weighted by molar-refractivity contribution is 5.83. The highest BCUT2D eigenvalue weighted by Gasteiger charge is 2.37. The third kappa shape index (κ3) is 4.28. The fourth-order valence-electron chi connectivity index (χ4n) is 2.70. The van der Waals surface area contributed by atoms with Crippen LogP contribution in [-0.2, 0) is 14.3 Å². The van der Waals surface area contributed by atoms with Crippen molar-refractivity contribution in [1.29, 1.82) is 0 Å². The Bertz CT molecular complexity index is 579. The molecule has 1 fully saturated rings. The van der Waals surface area contributed by atoms with E-state index in [0.717, 1.165) is 5.56 Å². The van der Waals surface area contributed by atoms with Crippen molar-refractivity contribution in [2.75, 3.05) is 0 Å². The SMILES string of the molecule is CC(C)(C)C(NC(=O)[C@@H]1CC[C@H](C(=O)O)O1)c1ccc(F)cc1. The number of benzene rings is 1. The summed E-state index contributed by atoms with van der Waals surface area (Å²) in [6, 6.07) is 5.66. The molecule has 1 saturated heterocycles. The van der Waals surface area contributed by atoms with Crippen LogP contribution in [0.1, 0.15) is 45.2 Å². The Kier molecular flexibility index (Phi) is 5.04. The van der Waals surface area contributed by atoms with Crippen LogP contribution in [0.4, 0.5) is 4.39 Å². The van der Waals surface area contributed by atoms with E-state index in [9.17, 15) is 14.0 Å². The Morgan fingerprint density at radius 2 is 1.78 bits per heavy atom. The van der Waals surface area contributed by atoms with Crippen molar-refractivity contribution in [1.82, 2.24) is 5.32 Å². The number of halogens is 1. The first-order valence-electron chi connectivity index (χ1n) is 7.62. The Balaban J connectivity index is 2.11. The Morgan fingerprint density at radius 1 is 1.22 bits per heavy atom. The van der Waals surface area contributed by atoms with Gasteiger partial charge in [0.25, 0.3) is 0 Å². The fraction of sp³-hybridized carbons (Fsp3) is 0.529. The van der Waals surface area contributed by atoms with Crippen LogP contribution in [0.15, 0.2) is 24.3 Å². The molecule has 1 aliphatic rings. The normalized spacial score (nSPS) is 22.6. The third-order valence-electron chi connectivity index (χ3n) is 3.94. The highest BCUT2D eigenvalue weighted by atomic mass is 19.1. The molecule has 0 spiro atoms. The van der Waals surface area contributed by atoms with Gasteiger partial charge in [0.2, 0.25) is 5.91 Å². The minimum Gasteiger partial charge on any atom is -0.479 e. The molecular formula is C17H22FNO4. The number of carboxylic acids is 1. The number of carbonyl (C=O) groups is 2. The van der Waals surface area contributed by atoms with E-state index in [2.05, 4.69) is 5.32 Å². The van der Waals surface area contributed by atoms with Crippen molar-refractivity contribution in [3.05, 3.63) is 35.6 Å². The molecule has 0 aliphatic carbocycles. The lowest BCUT2D eigenvalue weighted by molar-refractivity contribution is -0.152. The van der Waals surface area contributed by atoms with Crippen molar-refractivity contribution in [3.63, 3.8) is 0 Å². The summed E-state index contributed by atoms with van der Waals surface area (Å²) in [5.41, 5.74) is 0.498. The lowest BCUT2D eigenvalue weighted by Gasteiger charge is -2.32. The van der Waals surface area contributed by atoms with Crippen LogP contribution in [0.2, 0.25) is 0 Å². The molecule has 126 valence electrons. The Labute approximate surface area is 134 Å².